The molecule has 0 saturated carbocycles. The molecule has 0 unspecified atom stereocenters. The number of aromatic nitrogens is 1. The van der Waals surface area contributed by atoms with E-state index in [4.69, 9.17) is 4.74 Å². The van der Waals surface area contributed by atoms with Crippen LogP contribution in [0.5, 0.6) is 0 Å². The molecule has 0 saturated heterocycles. The largest absolute Gasteiger partial charge is 0.380 e. The van der Waals surface area contributed by atoms with Crippen LogP contribution in [-0.4, -0.2) is 23.7 Å². The molecule has 1 amide bonds. The Hall–Kier alpha value is -2.40. The molecule has 25 heavy (non-hydrogen) atoms. The van der Waals surface area contributed by atoms with E-state index in [1.807, 2.05) is 50.5 Å². The highest BCUT2D eigenvalue weighted by atomic mass is 16.5. The summed E-state index contributed by atoms with van der Waals surface area (Å²) in [6.07, 6.45) is 0. The molecule has 0 spiro atoms. The Balaban J connectivity index is 2.39. The minimum Gasteiger partial charge on any atom is -0.380 e. The summed E-state index contributed by atoms with van der Waals surface area (Å²) in [7, 11) is 0. The van der Waals surface area contributed by atoms with Gasteiger partial charge < -0.3 is 14.6 Å². The van der Waals surface area contributed by atoms with E-state index in [-0.39, 0.29) is 16.9 Å². The fourth-order valence-electron chi connectivity index (χ4n) is 3.03. The third-order valence-corrected chi connectivity index (χ3v) is 4.39. The molecule has 0 radical (unpaired) electrons. The summed E-state index contributed by atoms with van der Waals surface area (Å²) in [6.45, 7) is 11.3. The van der Waals surface area contributed by atoms with Gasteiger partial charge in [-0.05, 0) is 45.7 Å². The van der Waals surface area contributed by atoms with Gasteiger partial charge in [0.1, 0.15) is 5.56 Å². The van der Waals surface area contributed by atoms with Crippen LogP contribution in [0.1, 0.15) is 39.8 Å². The van der Waals surface area contributed by atoms with E-state index in [0.717, 1.165) is 22.5 Å². The number of aryl methyl sites for hydroxylation is 3. The minimum atomic E-state index is -0.370. The molecule has 2 aromatic rings. The number of carbonyl (C=O) groups is 1. The van der Waals surface area contributed by atoms with Crippen molar-refractivity contribution in [3.8, 4) is 0 Å². The molecule has 1 N–H and O–H groups in total. The van der Waals surface area contributed by atoms with E-state index in [1.54, 1.807) is 6.92 Å². The van der Waals surface area contributed by atoms with Crippen molar-refractivity contribution in [1.82, 2.24) is 4.57 Å². The van der Waals surface area contributed by atoms with E-state index in [0.29, 0.717) is 25.5 Å². The lowest BCUT2D eigenvalue weighted by Crippen LogP contribution is -2.28. The fourth-order valence-corrected chi connectivity index (χ4v) is 3.03. The molecule has 134 valence electrons. The minimum absolute atomic E-state index is 0.185. The number of nitrogens with zero attached hydrogens (tertiary/aromatic N) is 1. The first-order valence-electron chi connectivity index (χ1n) is 8.53. The van der Waals surface area contributed by atoms with Gasteiger partial charge in [0, 0.05) is 36.3 Å². The highest BCUT2D eigenvalue weighted by Crippen LogP contribution is 2.20. The Morgan fingerprint density at radius 3 is 2.40 bits per heavy atom. The Labute approximate surface area is 148 Å². The van der Waals surface area contributed by atoms with Crippen molar-refractivity contribution in [1.29, 1.82) is 0 Å². The topological polar surface area (TPSA) is 60.3 Å². The molecule has 1 heterocycles. The highest BCUT2D eigenvalue weighted by Gasteiger charge is 2.18. The van der Waals surface area contributed by atoms with Crippen molar-refractivity contribution in [2.24, 2.45) is 0 Å². The zero-order valence-electron chi connectivity index (χ0n) is 15.6. The monoisotopic (exact) mass is 342 g/mol. The number of benzene rings is 1. The molecule has 5 heteroatoms. The number of pyridine rings is 1. The average molecular weight is 342 g/mol. The molecule has 0 atom stereocenters. The molecule has 0 aliphatic rings. The number of para-hydroxylation sites is 1. The summed E-state index contributed by atoms with van der Waals surface area (Å²) in [6, 6.07) is 7.33. The van der Waals surface area contributed by atoms with Crippen molar-refractivity contribution >= 4 is 11.6 Å². The van der Waals surface area contributed by atoms with E-state index < -0.39 is 0 Å². The first-order chi connectivity index (χ1) is 11.9. The lowest BCUT2D eigenvalue weighted by molar-refractivity contribution is 0.102. The van der Waals surface area contributed by atoms with Crippen LogP contribution < -0.4 is 10.7 Å². The van der Waals surface area contributed by atoms with Gasteiger partial charge in [0.05, 0.1) is 6.61 Å². The summed E-state index contributed by atoms with van der Waals surface area (Å²) in [5, 5.41) is 2.91. The van der Waals surface area contributed by atoms with Crippen molar-refractivity contribution in [3.05, 3.63) is 62.6 Å². The molecule has 1 aromatic heterocycles. The second-order valence-corrected chi connectivity index (χ2v) is 6.18. The molecule has 1 aromatic carbocycles. The van der Waals surface area contributed by atoms with E-state index in [2.05, 4.69) is 5.32 Å². The van der Waals surface area contributed by atoms with Gasteiger partial charge in [0.15, 0.2) is 5.43 Å². The number of hydrogen-bond donors (Lipinski definition) is 1. The van der Waals surface area contributed by atoms with E-state index in [1.165, 1.54) is 6.07 Å². The summed E-state index contributed by atoms with van der Waals surface area (Å²) in [5.74, 6) is -0.370. The van der Waals surface area contributed by atoms with Crippen LogP contribution in [-0.2, 0) is 11.3 Å². The van der Waals surface area contributed by atoms with Gasteiger partial charge in [-0.15, -0.1) is 0 Å². The Bertz CT molecular complexity index is 817. The number of carbonyl (C=O) groups excluding carboxylic acids is 1. The maximum absolute atomic E-state index is 12.8. The van der Waals surface area contributed by atoms with Crippen molar-refractivity contribution in [2.45, 2.75) is 41.2 Å². The van der Waals surface area contributed by atoms with Crippen LogP contribution in [0.15, 0.2) is 29.1 Å². The lowest BCUT2D eigenvalue weighted by Gasteiger charge is -2.18. The molecular weight excluding hydrogens is 316 g/mol. The van der Waals surface area contributed by atoms with E-state index >= 15 is 0 Å². The maximum atomic E-state index is 12.8. The Morgan fingerprint density at radius 1 is 1.16 bits per heavy atom. The number of rotatable bonds is 6. The number of hydrogen-bond acceptors (Lipinski definition) is 3. The van der Waals surface area contributed by atoms with Crippen molar-refractivity contribution in [3.63, 3.8) is 0 Å². The first-order valence-corrected chi connectivity index (χ1v) is 8.53. The average Bonchev–Trinajstić information content (AvgIpc) is 2.54. The van der Waals surface area contributed by atoms with Gasteiger partial charge in [0.2, 0.25) is 0 Å². The standard InChI is InChI=1S/C20H26N2O3/c1-6-25-11-10-22-15(4)12-17(23)18(16(22)5)20(24)21-19-13(2)8-7-9-14(19)3/h7-9,12H,6,10-11H2,1-5H3,(H,21,24). The van der Waals surface area contributed by atoms with Gasteiger partial charge >= 0.3 is 0 Å². The number of ether oxygens (including phenoxy) is 1. The van der Waals surface area contributed by atoms with Crippen LogP contribution in [0.25, 0.3) is 0 Å². The van der Waals surface area contributed by atoms with Crippen LogP contribution in [0.2, 0.25) is 0 Å². The quantitative estimate of drug-likeness (QED) is 0.819. The molecule has 0 aliphatic heterocycles. The van der Waals surface area contributed by atoms with Crippen LogP contribution in [0.3, 0.4) is 0 Å². The van der Waals surface area contributed by atoms with Crippen LogP contribution in [0.4, 0.5) is 5.69 Å². The number of nitrogens with one attached hydrogen (secondary N) is 1. The number of amides is 1. The summed E-state index contributed by atoms with van der Waals surface area (Å²) in [5.41, 5.74) is 4.10. The SMILES string of the molecule is CCOCCn1c(C)cc(=O)c(C(=O)Nc2c(C)cccc2C)c1C. The van der Waals surface area contributed by atoms with Gasteiger partial charge in [-0.25, -0.2) is 0 Å². The number of anilines is 1. The third-order valence-electron chi connectivity index (χ3n) is 4.39. The summed E-state index contributed by atoms with van der Waals surface area (Å²) in [4.78, 5) is 25.2. The summed E-state index contributed by atoms with van der Waals surface area (Å²) < 4.78 is 7.36. The molecule has 0 fully saturated rings. The Morgan fingerprint density at radius 2 is 1.80 bits per heavy atom. The molecule has 0 aliphatic carbocycles. The van der Waals surface area contributed by atoms with Gasteiger partial charge in [-0.1, -0.05) is 18.2 Å². The van der Waals surface area contributed by atoms with Crippen LogP contribution in [0, 0.1) is 27.7 Å². The first kappa shape index (κ1) is 18.9. The highest BCUT2D eigenvalue weighted by molar-refractivity contribution is 6.05. The summed E-state index contributed by atoms with van der Waals surface area (Å²) >= 11 is 0. The van der Waals surface area contributed by atoms with Gasteiger partial charge in [-0.2, -0.15) is 0 Å². The van der Waals surface area contributed by atoms with Gasteiger partial charge in [-0.3, -0.25) is 9.59 Å². The predicted molar refractivity (Wildman–Crippen MR) is 101 cm³/mol. The second-order valence-electron chi connectivity index (χ2n) is 6.18. The molecule has 0 bridgehead atoms. The second kappa shape index (κ2) is 8.12. The molecular formula is C20H26N2O3. The third kappa shape index (κ3) is 4.17. The lowest BCUT2D eigenvalue weighted by atomic mass is 10.1. The molecule has 2 rings (SSSR count). The normalized spacial score (nSPS) is 10.8. The fraction of sp³-hybridized carbons (Fsp3) is 0.400. The van der Waals surface area contributed by atoms with Crippen molar-refractivity contribution in [2.75, 3.05) is 18.5 Å². The zero-order valence-corrected chi connectivity index (χ0v) is 15.6. The van der Waals surface area contributed by atoms with E-state index in [9.17, 15) is 9.59 Å². The maximum Gasteiger partial charge on any atom is 0.261 e. The predicted octanol–water partition coefficient (Wildman–Crippen LogP) is 3.37. The van der Waals surface area contributed by atoms with Gasteiger partial charge in [0.25, 0.3) is 5.91 Å². The Kier molecular flexibility index (Phi) is 6.15. The zero-order chi connectivity index (χ0) is 18.6. The molecule has 5 nitrogen and oxygen atoms in total. The smallest absolute Gasteiger partial charge is 0.261 e. The van der Waals surface area contributed by atoms with Crippen molar-refractivity contribution < 1.29 is 9.53 Å². The van der Waals surface area contributed by atoms with Crippen LogP contribution >= 0.6 is 0 Å².